The van der Waals surface area contributed by atoms with E-state index in [0.29, 0.717) is 5.69 Å². The van der Waals surface area contributed by atoms with Gasteiger partial charge in [-0.3, -0.25) is 9.48 Å². The van der Waals surface area contributed by atoms with Crippen molar-refractivity contribution in [1.29, 1.82) is 0 Å². The van der Waals surface area contributed by atoms with Crippen molar-refractivity contribution >= 4 is 17.6 Å². The minimum atomic E-state index is -1.12. The number of nitrogens with zero attached hydrogens (tertiary/aromatic N) is 2. The number of hydrogen-bond donors (Lipinski definition) is 2. The molecule has 2 N–H and O–H groups in total. The van der Waals surface area contributed by atoms with Gasteiger partial charge in [0.1, 0.15) is 5.69 Å². The number of anilines is 1. The second-order valence-corrected chi connectivity index (χ2v) is 4.35. The van der Waals surface area contributed by atoms with E-state index >= 15 is 0 Å². The monoisotopic (exact) mass is 273 g/mol. The molecule has 0 unspecified atom stereocenters. The highest BCUT2D eigenvalue weighted by Gasteiger charge is 2.16. The Kier molecular flexibility index (Phi) is 3.84. The summed E-state index contributed by atoms with van der Waals surface area (Å²) in [5.74, 6) is -1.55. The van der Waals surface area contributed by atoms with Crippen LogP contribution in [0.25, 0.3) is 0 Å². The van der Waals surface area contributed by atoms with E-state index in [0.717, 1.165) is 11.1 Å². The number of carbonyl (C=O) groups excluding carboxylic acids is 1. The van der Waals surface area contributed by atoms with Crippen molar-refractivity contribution in [1.82, 2.24) is 9.78 Å². The second-order valence-electron chi connectivity index (χ2n) is 4.35. The molecule has 6 nitrogen and oxygen atoms in total. The third kappa shape index (κ3) is 2.85. The number of carbonyl (C=O) groups is 2. The molecule has 1 amide bonds. The van der Waals surface area contributed by atoms with Gasteiger partial charge in [0.25, 0.3) is 5.91 Å². The Morgan fingerprint density at radius 2 is 1.95 bits per heavy atom. The molecule has 20 heavy (non-hydrogen) atoms. The van der Waals surface area contributed by atoms with E-state index in [2.05, 4.69) is 17.3 Å². The van der Waals surface area contributed by atoms with Gasteiger partial charge in [0, 0.05) is 18.8 Å². The van der Waals surface area contributed by atoms with E-state index in [-0.39, 0.29) is 11.4 Å². The summed E-state index contributed by atoms with van der Waals surface area (Å²) < 4.78 is 1.16. The Hall–Kier alpha value is -2.63. The van der Waals surface area contributed by atoms with Crippen LogP contribution in [0.2, 0.25) is 0 Å². The van der Waals surface area contributed by atoms with E-state index in [9.17, 15) is 9.59 Å². The Bertz CT molecular complexity index is 644. The van der Waals surface area contributed by atoms with Crippen molar-refractivity contribution in [2.45, 2.75) is 13.3 Å². The Balaban J connectivity index is 2.15. The molecular weight excluding hydrogens is 258 g/mol. The molecule has 0 aliphatic carbocycles. The zero-order valence-electron chi connectivity index (χ0n) is 11.3. The third-order valence-electron chi connectivity index (χ3n) is 2.95. The molecule has 1 aromatic carbocycles. The summed E-state index contributed by atoms with van der Waals surface area (Å²) in [6.07, 6.45) is 0.927. The van der Waals surface area contributed by atoms with E-state index in [1.807, 2.05) is 12.1 Å². The molecule has 2 aromatic rings. The van der Waals surface area contributed by atoms with Gasteiger partial charge < -0.3 is 10.4 Å². The normalized spacial score (nSPS) is 10.3. The molecule has 1 aromatic heterocycles. The summed E-state index contributed by atoms with van der Waals surface area (Å²) >= 11 is 0. The van der Waals surface area contributed by atoms with Crippen molar-refractivity contribution < 1.29 is 14.7 Å². The summed E-state index contributed by atoms with van der Waals surface area (Å²) in [6.45, 7) is 2.05. The van der Waals surface area contributed by atoms with Crippen molar-refractivity contribution in [3.63, 3.8) is 0 Å². The summed E-state index contributed by atoms with van der Waals surface area (Å²) in [7, 11) is 1.48. The van der Waals surface area contributed by atoms with E-state index < -0.39 is 11.9 Å². The first-order chi connectivity index (χ1) is 9.51. The van der Waals surface area contributed by atoms with Gasteiger partial charge in [-0.05, 0) is 24.1 Å². The lowest BCUT2D eigenvalue weighted by Gasteiger charge is -2.03. The average Bonchev–Trinajstić information content (AvgIpc) is 2.82. The molecule has 0 saturated heterocycles. The first kappa shape index (κ1) is 13.8. The number of rotatable bonds is 4. The number of aryl methyl sites for hydroxylation is 2. The minimum absolute atomic E-state index is 0.0310. The third-order valence-corrected chi connectivity index (χ3v) is 2.95. The van der Waals surface area contributed by atoms with Gasteiger partial charge in [0.15, 0.2) is 5.69 Å². The number of carboxylic acids is 1. The molecule has 2 rings (SSSR count). The fourth-order valence-electron chi connectivity index (χ4n) is 1.80. The molecule has 1 heterocycles. The van der Waals surface area contributed by atoms with E-state index in [1.165, 1.54) is 18.7 Å². The van der Waals surface area contributed by atoms with E-state index in [4.69, 9.17) is 5.11 Å². The highest BCUT2D eigenvalue weighted by Crippen LogP contribution is 2.12. The molecule has 6 heteroatoms. The molecule has 0 atom stereocenters. The summed E-state index contributed by atoms with van der Waals surface area (Å²) in [4.78, 5) is 22.9. The maximum absolute atomic E-state index is 12.0. The smallest absolute Gasteiger partial charge is 0.354 e. The number of nitrogens with one attached hydrogen (secondary N) is 1. The average molecular weight is 273 g/mol. The molecular formula is C14H15N3O3. The lowest BCUT2D eigenvalue weighted by atomic mass is 10.1. The number of carboxylic acid groups (broad SMARTS) is 1. The topological polar surface area (TPSA) is 84.2 Å². The SMILES string of the molecule is CCc1ccc(NC(=O)c2cc(C(=O)O)n(C)n2)cc1. The summed E-state index contributed by atoms with van der Waals surface area (Å²) in [5.41, 5.74) is 1.87. The van der Waals surface area contributed by atoms with Crippen LogP contribution in [-0.4, -0.2) is 26.8 Å². The van der Waals surface area contributed by atoms with Crippen LogP contribution in [0.5, 0.6) is 0 Å². The van der Waals surface area contributed by atoms with Gasteiger partial charge in [-0.1, -0.05) is 19.1 Å². The lowest BCUT2D eigenvalue weighted by Crippen LogP contribution is -2.13. The molecule has 0 radical (unpaired) electrons. The van der Waals surface area contributed by atoms with Crippen molar-refractivity contribution in [3.05, 3.63) is 47.3 Å². The fraction of sp³-hybridized carbons (Fsp3) is 0.214. The van der Waals surface area contributed by atoms with Gasteiger partial charge in [0.2, 0.25) is 0 Å². The predicted octanol–water partition coefficient (Wildman–Crippen LogP) is 1.93. The molecule has 0 aliphatic rings. The lowest BCUT2D eigenvalue weighted by molar-refractivity contribution is 0.0685. The molecule has 0 saturated carbocycles. The predicted molar refractivity (Wildman–Crippen MR) is 73.9 cm³/mol. The standard InChI is InChI=1S/C14H15N3O3/c1-3-9-4-6-10(7-5-9)15-13(18)11-8-12(14(19)20)17(2)16-11/h4-8H,3H2,1-2H3,(H,15,18)(H,19,20). The zero-order chi connectivity index (χ0) is 14.7. The van der Waals surface area contributed by atoms with Crippen LogP contribution in [0.1, 0.15) is 33.5 Å². The van der Waals surface area contributed by atoms with Crippen molar-refractivity contribution in [3.8, 4) is 0 Å². The number of aromatic nitrogens is 2. The van der Waals surface area contributed by atoms with Gasteiger partial charge >= 0.3 is 5.97 Å². The molecule has 104 valence electrons. The van der Waals surface area contributed by atoms with Crippen molar-refractivity contribution in [2.75, 3.05) is 5.32 Å². The van der Waals surface area contributed by atoms with Crippen LogP contribution in [-0.2, 0) is 13.5 Å². The number of benzene rings is 1. The van der Waals surface area contributed by atoms with Gasteiger partial charge in [0.05, 0.1) is 0 Å². The fourth-order valence-corrected chi connectivity index (χ4v) is 1.80. The van der Waals surface area contributed by atoms with Crippen LogP contribution < -0.4 is 5.32 Å². The minimum Gasteiger partial charge on any atom is -0.477 e. The maximum Gasteiger partial charge on any atom is 0.354 e. The maximum atomic E-state index is 12.0. The zero-order valence-corrected chi connectivity index (χ0v) is 11.3. The first-order valence-corrected chi connectivity index (χ1v) is 6.19. The summed E-state index contributed by atoms with van der Waals surface area (Å²) in [6, 6.07) is 8.71. The van der Waals surface area contributed by atoms with Gasteiger partial charge in [-0.15, -0.1) is 0 Å². The summed E-state index contributed by atoms with van der Waals surface area (Å²) in [5, 5.41) is 15.5. The molecule has 0 fully saturated rings. The van der Waals surface area contributed by atoms with Crippen LogP contribution in [0.15, 0.2) is 30.3 Å². The molecule has 0 bridgehead atoms. The largest absolute Gasteiger partial charge is 0.477 e. The van der Waals surface area contributed by atoms with Crippen LogP contribution in [0.3, 0.4) is 0 Å². The number of amides is 1. The van der Waals surface area contributed by atoms with Crippen LogP contribution >= 0.6 is 0 Å². The van der Waals surface area contributed by atoms with Gasteiger partial charge in [-0.2, -0.15) is 5.10 Å². The Morgan fingerprint density at radius 3 is 2.45 bits per heavy atom. The van der Waals surface area contributed by atoms with Crippen molar-refractivity contribution in [2.24, 2.45) is 7.05 Å². The Labute approximate surface area is 116 Å². The molecule has 0 spiro atoms. The van der Waals surface area contributed by atoms with Crippen LogP contribution in [0.4, 0.5) is 5.69 Å². The van der Waals surface area contributed by atoms with Gasteiger partial charge in [-0.25, -0.2) is 4.79 Å². The highest BCUT2D eigenvalue weighted by atomic mass is 16.4. The van der Waals surface area contributed by atoms with E-state index in [1.54, 1.807) is 12.1 Å². The quantitative estimate of drug-likeness (QED) is 0.891. The molecule has 0 aliphatic heterocycles. The second kappa shape index (κ2) is 5.56. The Morgan fingerprint density at radius 1 is 1.30 bits per heavy atom. The van der Waals surface area contributed by atoms with Crippen LogP contribution in [0, 0.1) is 0 Å². The number of hydrogen-bond acceptors (Lipinski definition) is 3. The highest BCUT2D eigenvalue weighted by molar-refractivity contribution is 6.04. The first-order valence-electron chi connectivity index (χ1n) is 6.19. The number of aromatic carboxylic acids is 1.